The molecule has 1 aliphatic rings. The molecule has 0 radical (unpaired) electrons. The molecule has 0 atom stereocenters. The summed E-state index contributed by atoms with van der Waals surface area (Å²) >= 11 is 7.95. The summed E-state index contributed by atoms with van der Waals surface area (Å²) in [7, 11) is 1.71. The quantitative estimate of drug-likeness (QED) is 0.390. The number of hydrogen-bond donors (Lipinski definition) is 1. The second-order valence-electron chi connectivity index (χ2n) is 8.35. The van der Waals surface area contributed by atoms with Crippen LogP contribution in [0.1, 0.15) is 54.6 Å². The zero-order valence-electron chi connectivity index (χ0n) is 18.7. The fourth-order valence-corrected chi connectivity index (χ4v) is 5.54. The molecule has 1 fully saturated rings. The van der Waals surface area contributed by atoms with Crippen molar-refractivity contribution >= 4 is 28.8 Å². The Balaban J connectivity index is 1.65. The minimum Gasteiger partial charge on any atom is -0.385 e. The average Bonchev–Trinajstić information content (AvgIpc) is 3.40. The molecule has 2 aromatic heterocycles. The lowest BCUT2D eigenvalue weighted by atomic mass is 9.95. The number of nitrogens with zero attached hydrogens (tertiary/aromatic N) is 2. The van der Waals surface area contributed by atoms with E-state index in [1.807, 2.05) is 42.6 Å². The van der Waals surface area contributed by atoms with E-state index in [4.69, 9.17) is 21.3 Å². The van der Waals surface area contributed by atoms with Crippen LogP contribution in [0.5, 0.6) is 0 Å². The van der Waals surface area contributed by atoms with Crippen LogP contribution in [0, 0.1) is 6.92 Å². The SMILES string of the molecule is COCCCn1c(-c2csc(-c3ccccc3Cl)n2)cc(C(=O)NC2CCCCC2)c1C. The third-order valence-electron chi connectivity index (χ3n) is 6.15. The Labute approximate surface area is 198 Å². The van der Waals surface area contributed by atoms with Gasteiger partial charge in [-0.1, -0.05) is 49.1 Å². The number of nitrogens with one attached hydrogen (secondary N) is 1. The standard InChI is InChI=1S/C25H30ClN3O2S/c1-17-20(24(30)27-18-9-4-3-5-10-18)15-23(29(17)13-8-14-31-2)22-16-32-25(28-22)19-11-6-7-12-21(19)26/h6-7,11-12,15-16,18H,3-5,8-10,13-14H2,1-2H3,(H,27,30). The zero-order chi connectivity index (χ0) is 22.5. The summed E-state index contributed by atoms with van der Waals surface area (Å²) in [5.74, 6) is 0.0164. The van der Waals surface area contributed by atoms with Crippen molar-refractivity contribution in [1.82, 2.24) is 14.9 Å². The maximum atomic E-state index is 13.1. The molecule has 1 saturated carbocycles. The van der Waals surface area contributed by atoms with Crippen LogP contribution < -0.4 is 5.32 Å². The van der Waals surface area contributed by atoms with Gasteiger partial charge >= 0.3 is 0 Å². The highest BCUT2D eigenvalue weighted by molar-refractivity contribution is 7.13. The van der Waals surface area contributed by atoms with Gasteiger partial charge in [0.05, 0.1) is 22.0 Å². The minimum absolute atomic E-state index is 0.0164. The maximum absolute atomic E-state index is 13.1. The topological polar surface area (TPSA) is 56.2 Å². The van der Waals surface area contributed by atoms with Crippen LogP contribution in [0.4, 0.5) is 0 Å². The van der Waals surface area contributed by atoms with E-state index in [2.05, 4.69) is 9.88 Å². The Morgan fingerprint density at radius 3 is 2.81 bits per heavy atom. The van der Waals surface area contributed by atoms with Gasteiger partial charge in [0.15, 0.2) is 0 Å². The van der Waals surface area contributed by atoms with Crippen molar-refractivity contribution in [2.75, 3.05) is 13.7 Å². The van der Waals surface area contributed by atoms with Crippen molar-refractivity contribution in [3.05, 3.63) is 52.0 Å². The van der Waals surface area contributed by atoms with Gasteiger partial charge in [-0.25, -0.2) is 4.98 Å². The van der Waals surface area contributed by atoms with E-state index in [-0.39, 0.29) is 11.9 Å². The molecule has 0 spiro atoms. The molecule has 5 nitrogen and oxygen atoms in total. The average molecular weight is 472 g/mol. The molecule has 32 heavy (non-hydrogen) atoms. The molecule has 0 unspecified atom stereocenters. The number of halogens is 1. The molecule has 3 aromatic rings. The van der Waals surface area contributed by atoms with Gasteiger partial charge in [-0.15, -0.1) is 11.3 Å². The first kappa shape index (κ1) is 23.0. The van der Waals surface area contributed by atoms with Crippen LogP contribution in [-0.2, 0) is 11.3 Å². The lowest BCUT2D eigenvalue weighted by molar-refractivity contribution is 0.0927. The summed E-state index contributed by atoms with van der Waals surface area (Å²) in [6.45, 7) is 3.46. The normalized spacial score (nSPS) is 14.6. The van der Waals surface area contributed by atoms with Crippen LogP contribution >= 0.6 is 22.9 Å². The number of benzene rings is 1. The molecule has 0 bridgehead atoms. The van der Waals surface area contributed by atoms with Gasteiger partial charge < -0.3 is 14.6 Å². The number of hydrogen-bond acceptors (Lipinski definition) is 4. The van der Waals surface area contributed by atoms with E-state index >= 15 is 0 Å². The van der Waals surface area contributed by atoms with Crippen LogP contribution in [0.2, 0.25) is 5.02 Å². The van der Waals surface area contributed by atoms with Crippen molar-refractivity contribution < 1.29 is 9.53 Å². The van der Waals surface area contributed by atoms with Crippen molar-refractivity contribution in [1.29, 1.82) is 0 Å². The lowest BCUT2D eigenvalue weighted by Crippen LogP contribution is -2.36. The van der Waals surface area contributed by atoms with Crippen LogP contribution in [-0.4, -0.2) is 35.2 Å². The Hall–Kier alpha value is -2.15. The first-order valence-corrected chi connectivity index (χ1v) is 12.5. The molecule has 1 N–H and O–H groups in total. The van der Waals surface area contributed by atoms with Crippen LogP contribution in [0.3, 0.4) is 0 Å². The first-order valence-electron chi connectivity index (χ1n) is 11.3. The Bertz CT molecular complexity index is 1070. The molecular formula is C25H30ClN3O2S. The number of carbonyl (C=O) groups is 1. The van der Waals surface area contributed by atoms with Gasteiger partial charge in [0.25, 0.3) is 5.91 Å². The van der Waals surface area contributed by atoms with E-state index in [9.17, 15) is 4.79 Å². The van der Waals surface area contributed by atoms with Gasteiger partial charge in [-0.2, -0.15) is 0 Å². The number of methoxy groups -OCH3 is 1. The smallest absolute Gasteiger partial charge is 0.253 e. The molecule has 4 rings (SSSR count). The highest BCUT2D eigenvalue weighted by Crippen LogP contribution is 2.34. The Morgan fingerprint density at radius 1 is 1.28 bits per heavy atom. The van der Waals surface area contributed by atoms with Gasteiger partial charge in [0.1, 0.15) is 5.01 Å². The number of carbonyl (C=O) groups excluding carboxylic acids is 1. The molecule has 1 aliphatic carbocycles. The second kappa shape index (κ2) is 10.6. The van der Waals surface area contributed by atoms with Crippen molar-refractivity contribution in [3.8, 4) is 22.0 Å². The maximum Gasteiger partial charge on any atom is 0.253 e. The monoisotopic (exact) mass is 471 g/mol. The number of aromatic nitrogens is 2. The number of ether oxygens (including phenoxy) is 1. The van der Waals surface area contributed by atoms with Crippen LogP contribution in [0.15, 0.2) is 35.7 Å². The summed E-state index contributed by atoms with van der Waals surface area (Å²) in [6.07, 6.45) is 6.65. The zero-order valence-corrected chi connectivity index (χ0v) is 20.3. The van der Waals surface area contributed by atoms with Gasteiger partial charge in [-0.05, 0) is 38.3 Å². The highest BCUT2D eigenvalue weighted by atomic mass is 35.5. The van der Waals surface area contributed by atoms with E-state index in [1.54, 1.807) is 18.4 Å². The predicted molar refractivity (Wildman–Crippen MR) is 132 cm³/mol. The number of amides is 1. The largest absolute Gasteiger partial charge is 0.385 e. The molecule has 1 amide bonds. The third kappa shape index (κ3) is 5.08. The fourth-order valence-electron chi connectivity index (χ4n) is 4.40. The molecule has 7 heteroatoms. The van der Waals surface area contributed by atoms with E-state index in [0.717, 1.165) is 59.0 Å². The van der Waals surface area contributed by atoms with Gasteiger partial charge in [-0.3, -0.25) is 4.79 Å². The number of thiazole rings is 1. The predicted octanol–water partition coefficient (Wildman–Crippen LogP) is 6.34. The third-order valence-corrected chi connectivity index (χ3v) is 7.36. The minimum atomic E-state index is 0.0164. The molecular weight excluding hydrogens is 442 g/mol. The Kier molecular flexibility index (Phi) is 7.66. The molecule has 170 valence electrons. The van der Waals surface area contributed by atoms with E-state index in [0.29, 0.717) is 11.6 Å². The summed E-state index contributed by atoms with van der Waals surface area (Å²) in [4.78, 5) is 18.0. The molecule has 0 aliphatic heterocycles. The van der Waals surface area contributed by atoms with Crippen molar-refractivity contribution in [3.63, 3.8) is 0 Å². The Morgan fingerprint density at radius 2 is 2.06 bits per heavy atom. The summed E-state index contributed by atoms with van der Waals surface area (Å²) in [5, 5.41) is 6.87. The van der Waals surface area contributed by atoms with E-state index < -0.39 is 0 Å². The number of rotatable bonds is 8. The summed E-state index contributed by atoms with van der Waals surface area (Å²) in [6, 6.07) is 10.0. The van der Waals surface area contributed by atoms with E-state index in [1.165, 1.54) is 19.3 Å². The van der Waals surface area contributed by atoms with Crippen LogP contribution in [0.25, 0.3) is 22.0 Å². The highest BCUT2D eigenvalue weighted by Gasteiger charge is 2.23. The lowest BCUT2D eigenvalue weighted by Gasteiger charge is -2.22. The fraction of sp³-hybridized carbons (Fsp3) is 0.440. The first-order chi connectivity index (χ1) is 15.6. The molecule has 2 heterocycles. The van der Waals surface area contributed by atoms with Crippen molar-refractivity contribution in [2.24, 2.45) is 0 Å². The van der Waals surface area contributed by atoms with Gasteiger partial charge in [0, 0.05) is 42.9 Å². The second-order valence-corrected chi connectivity index (χ2v) is 9.62. The molecule has 1 aromatic carbocycles. The summed E-state index contributed by atoms with van der Waals surface area (Å²) in [5.41, 5.74) is 4.45. The molecule has 0 saturated heterocycles. The van der Waals surface area contributed by atoms with Gasteiger partial charge in [0.2, 0.25) is 0 Å². The van der Waals surface area contributed by atoms with Crippen molar-refractivity contribution in [2.45, 2.75) is 58.0 Å². The summed E-state index contributed by atoms with van der Waals surface area (Å²) < 4.78 is 7.45.